The largest absolute Gasteiger partial charge is 0.383 e. The lowest BCUT2D eigenvalue weighted by Crippen LogP contribution is -2.40. The molecule has 6 heteroatoms. The first-order valence-corrected chi connectivity index (χ1v) is 8.03. The van der Waals surface area contributed by atoms with E-state index >= 15 is 0 Å². The number of ether oxygens (including phenoxy) is 2. The molecule has 118 valence electrons. The minimum Gasteiger partial charge on any atom is -0.383 e. The summed E-state index contributed by atoms with van der Waals surface area (Å²) < 4.78 is 10.1. The van der Waals surface area contributed by atoms with Crippen LogP contribution in [0.25, 0.3) is 0 Å². The molecule has 1 aromatic rings. The highest BCUT2D eigenvalue weighted by Crippen LogP contribution is 2.25. The number of methoxy groups -OCH3 is 2. The van der Waals surface area contributed by atoms with Crippen molar-refractivity contribution in [2.45, 2.75) is 17.1 Å². The maximum absolute atomic E-state index is 12.5. The highest BCUT2D eigenvalue weighted by molar-refractivity contribution is 8.00. The second-order valence-electron chi connectivity index (χ2n) is 4.52. The molecule has 4 nitrogen and oxygen atoms in total. The third-order valence-corrected chi connectivity index (χ3v) is 4.27. The van der Waals surface area contributed by atoms with Crippen LogP contribution in [0.5, 0.6) is 0 Å². The summed E-state index contributed by atoms with van der Waals surface area (Å²) in [5, 5.41) is 0.528. The number of halogens is 1. The predicted octanol–water partition coefficient (Wildman–Crippen LogP) is 2.94. The van der Waals surface area contributed by atoms with Gasteiger partial charge in [-0.15, -0.1) is 11.8 Å². The van der Waals surface area contributed by atoms with E-state index < -0.39 is 0 Å². The number of thioether (sulfide) groups is 1. The van der Waals surface area contributed by atoms with Crippen LogP contribution in [0.3, 0.4) is 0 Å². The lowest BCUT2D eigenvalue weighted by molar-refractivity contribution is -0.131. The molecule has 0 spiro atoms. The summed E-state index contributed by atoms with van der Waals surface area (Å²) in [7, 11) is 3.26. The molecule has 0 saturated heterocycles. The van der Waals surface area contributed by atoms with Crippen molar-refractivity contribution in [3.05, 3.63) is 29.3 Å². The van der Waals surface area contributed by atoms with Crippen LogP contribution in [0.2, 0.25) is 5.02 Å². The van der Waals surface area contributed by atoms with E-state index in [0.29, 0.717) is 31.3 Å². The van der Waals surface area contributed by atoms with Gasteiger partial charge in [-0.25, -0.2) is 0 Å². The number of nitrogens with zero attached hydrogens (tertiary/aromatic N) is 1. The molecule has 1 atom stereocenters. The van der Waals surface area contributed by atoms with Gasteiger partial charge in [0.1, 0.15) is 0 Å². The van der Waals surface area contributed by atoms with Gasteiger partial charge < -0.3 is 14.4 Å². The van der Waals surface area contributed by atoms with E-state index in [2.05, 4.69) is 0 Å². The van der Waals surface area contributed by atoms with Gasteiger partial charge >= 0.3 is 0 Å². The Hall–Kier alpha value is -0.750. The van der Waals surface area contributed by atoms with Crippen LogP contribution in [0.1, 0.15) is 6.92 Å². The number of carbonyl (C=O) groups excluding carboxylic acids is 1. The third kappa shape index (κ3) is 6.70. The first-order chi connectivity index (χ1) is 10.1. The zero-order chi connectivity index (χ0) is 15.7. The van der Waals surface area contributed by atoms with E-state index in [1.54, 1.807) is 19.1 Å². The predicted molar refractivity (Wildman–Crippen MR) is 87.1 cm³/mol. The van der Waals surface area contributed by atoms with Crippen molar-refractivity contribution in [2.75, 3.05) is 40.5 Å². The van der Waals surface area contributed by atoms with Crippen LogP contribution >= 0.6 is 23.4 Å². The number of hydrogen-bond donors (Lipinski definition) is 0. The molecule has 1 rings (SSSR count). The van der Waals surface area contributed by atoms with Crippen molar-refractivity contribution in [1.82, 2.24) is 4.90 Å². The molecule has 0 aliphatic heterocycles. The SMILES string of the molecule is COCCN(CCOC)C(=O)C(C)Sc1ccc(Cl)cc1. The minimum atomic E-state index is -0.167. The Balaban J connectivity index is 2.60. The van der Waals surface area contributed by atoms with E-state index in [9.17, 15) is 4.79 Å². The van der Waals surface area contributed by atoms with Gasteiger partial charge in [-0.2, -0.15) is 0 Å². The van der Waals surface area contributed by atoms with Gasteiger partial charge in [-0.3, -0.25) is 4.79 Å². The summed E-state index contributed by atoms with van der Waals surface area (Å²) in [4.78, 5) is 15.3. The summed E-state index contributed by atoms with van der Waals surface area (Å²) in [6.07, 6.45) is 0. The molecule has 0 saturated carbocycles. The van der Waals surface area contributed by atoms with Gasteiger partial charge in [-0.05, 0) is 31.2 Å². The number of benzene rings is 1. The second kappa shape index (κ2) is 10.1. The van der Waals surface area contributed by atoms with E-state index in [0.717, 1.165) is 4.90 Å². The molecular formula is C15H22ClNO3S. The summed E-state index contributed by atoms with van der Waals surface area (Å²) >= 11 is 7.39. The standard InChI is InChI=1S/C15H22ClNO3S/c1-12(21-14-6-4-13(16)5-7-14)15(18)17(8-10-19-2)9-11-20-3/h4-7,12H,8-11H2,1-3H3. The van der Waals surface area contributed by atoms with Gasteiger partial charge in [0.15, 0.2) is 0 Å². The molecule has 0 heterocycles. The monoisotopic (exact) mass is 331 g/mol. The molecule has 21 heavy (non-hydrogen) atoms. The van der Waals surface area contributed by atoms with Crippen LogP contribution in [0.4, 0.5) is 0 Å². The van der Waals surface area contributed by atoms with Gasteiger partial charge in [-0.1, -0.05) is 11.6 Å². The molecule has 0 aliphatic carbocycles. The number of rotatable bonds is 9. The highest BCUT2D eigenvalue weighted by atomic mass is 35.5. The van der Waals surface area contributed by atoms with E-state index in [1.165, 1.54) is 11.8 Å². The fourth-order valence-electron chi connectivity index (χ4n) is 1.76. The Morgan fingerprint density at radius 2 is 1.71 bits per heavy atom. The summed E-state index contributed by atoms with van der Waals surface area (Å²) in [5.74, 6) is 0.0871. The second-order valence-corrected chi connectivity index (χ2v) is 6.38. The van der Waals surface area contributed by atoms with Crippen molar-refractivity contribution < 1.29 is 14.3 Å². The fourth-order valence-corrected chi connectivity index (χ4v) is 2.84. The Labute approximate surface area is 135 Å². The normalized spacial score (nSPS) is 12.2. The van der Waals surface area contributed by atoms with Crippen molar-refractivity contribution in [2.24, 2.45) is 0 Å². The molecule has 0 bridgehead atoms. The number of amides is 1. The van der Waals surface area contributed by atoms with Crippen LogP contribution < -0.4 is 0 Å². The van der Waals surface area contributed by atoms with E-state index in [4.69, 9.17) is 21.1 Å². The zero-order valence-electron chi connectivity index (χ0n) is 12.7. The molecule has 0 aromatic heterocycles. The summed E-state index contributed by atoms with van der Waals surface area (Å²) in [5.41, 5.74) is 0. The summed E-state index contributed by atoms with van der Waals surface area (Å²) in [6.45, 7) is 4.10. The topological polar surface area (TPSA) is 38.8 Å². The molecular weight excluding hydrogens is 310 g/mol. The number of carbonyl (C=O) groups is 1. The number of hydrogen-bond acceptors (Lipinski definition) is 4. The van der Waals surface area contributed by atoms with Crippen molar-refractivity contribution >= 4 is 29.3 Å². The Kier molecular flexibility index (Phi) is 8.76. The van der Waals surface area contributed by atoms with E-state index in [-0.39, 0.29) is 11.2 Å². The third-order valence-electron chi connectivity index (χ3n) is 2.92. The Bertz CT molecular complexity index is 419. The molecule has 1 aromatic carbocycles. The van der Waals surface area contributed by atoms with Gasteiger partial charge in [0, 0.05) is 37.2 Å². The van der Waals surface area contributed by atoms with Crippen LogP contribution in [0.15, 0.2) is 29.2 Å². The Morgan fingerprint density at radius 1 is 1.19 bits per heavy atom. The fraction of sp³-hybridized carbons (Fsp3) is 0.533. The lowest BCUT2D eigenvalue weighted by Gasteiger charge is -2.25. The van der Waals surface area contributed by atoms with Crippen molar-refractivity contribution in [3.63, 3.8) is 0 Å². The van der Waals surface area contributed by atoms with Crippen molar-refractivity contribution in [3.8, 4) is 0 Å². The van der Waals surface area contributed by atoms with Gasteiger partial charge in [0.25, 0.3) is 0 Å². The van der Waals surface area contributed by atoms with Crippen LogP contribution in [-0.2, 0) is 14.3 Å². The molecule has 0 aliphatic rings. The molecule has 0 radical (unpaired) electrons. The lowest BCUT2D eigenvalue weighted by atomic mass is 10.3. The first-order valence-electron chi connectivity index (χ1n) is 6.77. The zero-order valence-corrected chi connectivity index (χ0v) is 14.2. The van der Waals surface area contributed by atoms with Crippen LogP contribution in [-0.4, -0.2) is 56.6 Å². The first kappa shape index (κ1) is 18.3. The highest BCUT2D eigenvalue weighted by Gasteiger charge is 2.21. The van der Waals surface area contributed by atoms with Crippen molar-refractivity contribution in [1.29, 1.82) is 0 Å². The minimum absolute atomic E-state index is 0.0871. The van der Waals surface area contributed by atoms with Gasteiger partial charge in [0.2, 0.25) is 5.91 Å². The quantitative estimate of drug-likeness (QED) is 0.652. The van der Waals surface area contributed by atoms with E-state index in [1.807, 2.05) is 31.2 Å². The molecule has 0 N–H and O–H groups in total. The van der Waals surface area contributed by atoms with Crippen LogP contribution in [0, 0.1) is 0 Å². The maximum atomic E-state index is 12.5. The average molecular weight is 332 g/mol. The molecule has 1 unspecified atom stereocenters. The molecule has 0 fully saturated rings. The maximum Gasteiger partial charge on any atom is 0.235 e. The Morgan fingerprint density at radius 3 is 2.19 bits per heavy atom. The average Bonchev–Trinajstić information content (AvgIpc) is 2.49. The smallest absolute Gasteiger partial charge is 0.235 e. The van der Waals surface area contributed by atoms with Gasteiger partial charge in [0.05, 0.1) is 18.5 Å². The summed E-state index contributed by atoms with van der Waals surface area (Å²) in [6, 6.07) is 7.50. The molecule has 1 amide bonds.